The van der Waals surface area contributed by atoms with Crippen molar-refractivity contribution >= 4 is 34.8 Å². The van der Waals surface area contributed by atoms with Gasteiger partial charge in [0.15, 0.2) is 6.61 Å². The van der Waals surface area contributed by atoms with E-state index in [2.05, 4.69) is 15.3 Å². The summed E-state index contributed by atoms with van der Waals surface area (Å²) < 4.78 is 5.12. The highest BCUT2D eigenvalue weighted by Crippen LogP contribution is 2.26. The van der Waals surface area contributed by atoms with Crippen molar-refractivity contribution in [1.82, 2.24) is 15.3 Å². The zero-order chi connectivity index (χ0) is 19.9. The van der Waals surface area contributed by atoms with Gasteiger partial charge in [-0.1, -0.05) is 29.8 Å². The van der Waals surface area contributed by atoms with Gasteiger partial charge in [0, 0.05) is 17.8 Å². The predicted octanol–water partition coefficient (Wildman–Crippen LogP) is 3.68. The minimum Gasteiger partial charge on any atom is -0.451 e. The van der Waals surface area contributed by atoms with Crippen LogP contribution in [0.5, 0.6) is 0 Å². The molecule has 3 rings (SSSR count). The van der Waals surface area contributed by atoms with Crippen LogP contribution in [-0.4, -0.2) is 35.0 Å². The van der Waals surface area contributed by atoms with Crippen LogP contribution in [0.15, 0.2) is 48.7 Å². The molecule has 2 aromatic heterocycles. The Balaban J connectivity index is 1.48. The number of benzene rings is 1. The Morgan fingerprint density at radius 1 is 1.18 bits per heavy atom. The first-order valence-electron chi connectivity index (χ1n) is 8.60. The third kappa shape index (κ3) is 5.37. The molecule has 0 saturated carbocycles. The molecule has 0 bridgehead atoms. The van der Waals surface area contributed by atoms with E-state index in [0.29, 0.717) is 39.3 Å². The molecule has 0 radical (unpaired) electrons. The number of hydrogen-bond acceptors (Lipinski definition) is 6. The highest BCUT2D eigenvalue weighted by atomic mass is 35.5. The number of pyridine rings is 1. The van der Waals surface area contributed by atoms with Crippen LogP contribution in [0.1, 0.15) is 20.9 Å². The zero-order valence-corrected chi connectivity index (χ0v) is 16.7. The molecule has 6 nitrogen and oxygen atoms in total. The van der Waals surface area contributed by atoms with E-state index in [1.807, 2.05) is 30.3 Å². The number of hydrogen-bond donors (Lipinski definition) is 1. The topological polar surface area (TPSA) is 81.2 Å². The van der Waals surface area contributed by atoms with E-state index >= 15 is 0 Å². The number of nitrogens with zero attached hydrogens (tertiary/aromatic N) is 2. The number of nitrogens with one attached hydrogen (secondary N) is 1. The molecule has 1 aromatic carbocycles. The van der Waals surface area contributed by atoms with Gasteiger partial charge in [-0.15, -0.1) is 11.3 Å². The quantitative estimate of drug-likeness (QED) is 0.595. The van der Waals surface area contributed by atoms with Gasteiger partial charge >= 0.3 is 5.97 Å². The first-order chi connectivity index (χ1) is 13.5. The van der Waals surface area contributed by atoms with Crippen molar-refractivity contribution in [2.24, 2.45) is 0 Å². The Bertz CT molecular complexity index is 959. The van der Waals surface area contributed by atoms with Crippen molar-refractivity contribution < 1.29 is 14.3 Å². The van der Waals surface area contributed by atoms with Crippen molar-refractivity contribution in [2.45, 2.75) is 13.3 Å². The lowest BCUT2D eigenvalue weighted by Crippen LogP contribution is -2.30. The molecule has 0 aliphatic carbocycles. The van der Waals surface area contributed by atoms with Gasteiger partial charge in [0.2, 0.25) is 0 Å². The summed E-state index contributed by atoms with van der Waals surface area (Å²) in [6.07, 6.45) is 2.33. The molecular weight excluding hydrogens is 398 g/mol. The molecule has 8 heteroatoms. The molecule has 0 fully saturated rings. The fraction of sp³-hybridized carbons (Fsp3) is 0.200. The highest BCUT2D eigenvalue weighted by molar-refractivity contribution is 7.17. The van der Waals surface area contributed by atoms with Gasteiger partial charge in [0.25, 0.3) is 5.91 Å². The standard InChI is InChI=1S/C20H18ClN3O3S/c1-13-18(28-19(24-13)16-4-2-3-10-22-16)20(26)27-12-17(25)23-11-9-14-5-7-15(21)8-6-14/h2-8,10H,9,11-12H2,1H3,(H,23,25). The summed E-state index contributed by atoms with van der Waals surface area (Å²) in [6.45, 7) is 1.84. The summed E-state index contributed by atoms with van der Waals surface area (Å²) in [6, 6.07) is 12.9. The number of amides is 1. The van der Waals surface area contributed by atoms with Crippen LogP contribution in [0.25, 0.3) is 10.7 Å². The van der Waals surface area contributed by atoms with E-state index in [0.717, 1.165) is 5.56 Å². The summed E-state index contributed by atoms with van der Waals surface area (Å²) in [5.41, 5.74) is 2.30. The molecule has 0 aliphatic heterocycles. The summed E-state index contributed by atoms with van der Waals surface area (Å²) >= 11 is 7.04. The Hall–Kier alpha value is -2.77. The Labute approximate surface area is 171 Å². The van der Waals surface area contributed by atoms with E-state index in [4.69, 9.17) is 16.3 Å². The van der Waals surface area contributed by atoms with E-state index in [9.17, 15) is 9.59 Å². The second kappa shape index (κ2) is 9.43. The summed E-state index contributed by atoms with van der Waals surface area (Å²) in [5, 5.41) is 4.03. The number of aryl methyl sites for hydroxylation is 1. The first-order valence-corrected chi connectivity index (χ1v) is 9.79. The van der Waals surface area contributed by atoms with Gasteiger partial charge in [0.1, 0.15) is 9.88 Å². The normalized spacial score (nSPS) is 10.5. The second-order valence-corrected chi connectivity index (χ2v) is 7.39. The molecule has 2 heterocycles. The van der Waals surface area contributed by atoms with Gasteiger partial charge < -0.3 is 10.1 Å². The molecule has 144 valence electrons. The van der Waals surface area contributed by atoms with E-state index < -0.39 is 5.97 Å². The van der Waals surface area contributed by atoms with Gasteiger partial charge in [-0.25, -0.2) is 9.78 Å². The molecule has 0 unspecified atom stereocenters. The lowest BCUT2D eigenvalue weighted by atomic mass is 10.1. The highest BCUT2D eigenvalue weighted by Gasteiger charge is 2.19. The smallest absolute Gasteiger partial charge is 0.350 e. The Morgan fingerprint density at radius 3 is 2.68 bits per heavy atom. The average Bonchev–Trinajstić information content (AvgIpc) is 3.10. The van der Waals surface area contributed by atoms with Crippen molar-refractivity contribution in [2.75, 3.05) is 13.2 Å². The van der Waals surface area contributed by atoms with Gasteiger partial charge in [-0.2, -0.15) is 0 Å². The summed E-state index contributed by atoms with van der Waals surface area (Å²) in [7, 11) is 0. The fourth-order valence-electron chi connectivity index (χ4n) is 2.43. The number of carbonyl (C=O) groups is 2. The number of rotatable bonds is 7. The molecule has 1 amide bonds. The second-order valence-electron chi connectivity index (χ2n) is 5.95. The van der Waals surface area contributed by atoms with Crippen LogP contribution >= 0.6 is 22.9 Å². The minimum atomic E-state index is -0.565. The average molecular weight is 416 g/mol. The lowest BCUT2D eigenvalue weighted by molar-refractivity contribution is -0.124. The van der Waals surface area contributed by atoms with E-state index in [-0.39, 0.29) is 12.5 Å². The van der Waals surface area contributed by atoms with Crippen LogP contribution < -0.4 is 5.32 Å². The number of halogens is 1. The lowest BCUT2D eigenvalue weighted by Gasteiger charge is -2.06. The molecule has 28 heavy (non-hydrogen) atoms. The van der Waals surface area contributed by atoms with Gasteiger partial charge in [0.05, 0.1) is 11.4 Å². The van der Waals surface area contributed by atoms with Crippen molar-refractivity contribution in [3.63, 3.8) is 0 Å². The van der Waals surface area contributed by atoms with Gasteiger partial charge in [-0.3, -0.25) is 9.78 Å². The molecule has 1 N–H and O–H groups in total. The predicted molar refractivity (Wildman–Crippen MR) is 109 cm³/mol. The molecule has 0 saturated heterocycles. The zero-order valence-electron chi connectivity index (χ0n) is 15.1. The monoisotopic (exact) mass is 415 g/mol. The van der Waals surface area contributed by atoms with Crippen molar-refractivity contribution in [3.8, 4) is 10.7 Å². The van der Waals surface area contributed by atoms with Crippen LogP contribution in [-0.2, 0) is 16.0 Å². The molecule has 0 atom stereocenters. The largest absolute Gasteiger partial charge is 0.451 e. The number of aromatic nitrogens is 2. The third-order valence-electron chi connectivity index (χ3n) is 3.85. The van der Waals surface area contributed by atoms with Gasteiger partial charge in [-0.05, 0) is 43.2 Å². The molecule has 0 aliphatic rings. The van der Waals surface area contributed by atoms with Crippen LogP contribution in [0.3, 0.4) is 0 Å². The number of thiazole rings is 1. The van der Waals surface area contributed by atoms with Crippen LogP contribution in [0.4, 0.5) is 0 Å². The van der Waals surface area contributed by atoms with E-state index in [1.165, 1.54) is 11.3 Å². The first kappa shape index (κ1) is 20.0. The number of ether oxygens (including phenoxy) is 1. The number of carbonyl (C=O) groups excluding carboxylic acids is 2. The van der Waals surface area contributed by atoms with E-state index in [1.54, 1.807) is 25.3 Å². The van der Waals surface area contributed by atoms with Crippen molar-refractivity contribution in [3.05, 3.63) is 69.8 Å². The minimum absolute atomic E-state index is 0.338. The maximum absolute atomic E-state index is 12.3. The Morgan fingerprint density at radius 2 is 1.96 bits per heavy atom. The summed E-state index contributed by atoms with van der Waals surface area (Å²) in [5.74, 6) is -0.917. The third-order valence-corrected chi connectivity index (χ3v) is 5.26. The van der Waals surface area contributed by atoms with Crippen LogP contribution in [0, 0.1) is 6.92 Å². The van der Waals surface area contributed by atoms with Crippen LogP contribution in [0.2, 0.25) is 5.02 Å². The Kier molecular flexibility index (Phi) is 6.73. The maximum atomic E-state index is 12.3. The maximum Gasteiger partial charge on any atom is 0.350 e. The SMILES string of the molecule is Cc1nc(-c2ccccn2)sc1C(=O)OCC(=O)NCCc1ccc(Cl)cc1. The molecule has 0 spiro atoms. The molecule has 3 aromatic rings. The fourth-order valence-corrected chi connectivity index (χ4v) is 3.49. The van der Waals surface area contributed by atoms with Crippen molar-refractivity contribution in [1.29, 1.82) is 0 Å². The summed E-state index contributed by atoms with van der Waals surface area (Å²) in [4.78, 5) is 33.1. The number of esters is 1. The molecular formula is C20H18ClN3O3S.